The highest BCUT2D eigenvalue weighted by atomic mass is 16.5. The Bertz CT molecular complexity index is 789. The second-order valence-corrected chi connectivity index (χ2v) is 6.51. The minimum atomic E-state index is -0.516. The molecule has 2 aromatic rings. The zero-order valence-corrected chi connectivity index (χ0v) is 16.5. The van der Waals surface area contributed by atoms with Crippen LogP contribution in [-0.2, 0) is 22.6 Å². The molecule has 1 N–H and O–H groups in total. The van der Waals surface area contributed by atoms with Gasteiger partial charge in [0.2, 0.25) is 11.8 Å². The van der Waals surface area contributed by atoms with Gasteiger partial charge in [0.1, 0.15) is 11.8 Å². The molecule has 1 unspecified atom stereocenters. The van der Waals surface area contributed by atoms with Gasteiger partial charge in [-0.2, -0.15) is 0 Å². The first-order valence-electron chi connectivity index (χ1n) is 9.18. The zero-order valence-electron chi connectivity index (χ0n) is 16.5. The van der Waals surface area contributed by atoms with Crippen LogP contribution in [0, 0.1) is 6.92 Å². The molecule has 0 spiro atoms. The lowest BCUT2D eigenvalue weighted by atomic mass is 10.0. The van der Waals surface area contributed by atoms with E-state index in [1.54, 1.807) is 19.1 Å². The zero-order chi connectivity index (χ0) is 19.8. The summed E-state index contributed by atoms with van der Waals surface area (Å²) in [6.45, 7) is 4.26. The number of likely N-dealkylation sites (N-methyl/N-ethyl adjacent to an activating group) is 1. The Morgan fingerprint density at radius 3 is 2.52 bits per heavy atom. The summed E-state index contributed by atoms with van der Waals surface area (Å²) < 4.78 is 5.28. The molecule has 2 rings (SSSR count). The van der Waals surface area contributed by atoms with Gasteiger partial charge in [0.15, 0.2) is 0 Å². The van der Waals surface area contributed by atoms with Gasteiger partial charge in [0, 0.05) is 13.6 Å². The van der Waals surface area contributed by atoms with Gasteiger partial charge in [0.25, 0.3) is 0 Å². The molecule has 0 bridgehead atoms. The Morgan fingerprint density at radius 2 is 1.89 bits per heavy atom. The summed E-state index contributed by atoms with van der Waals surface area (Å²) in [4.78, 5) is 27.2. The molecular formula is C22H28N2O3. The average molecular weight is 368 g/mol. The standard InChI is InChI=1S/C22H28N2O3/c1-5-20(22(26)23-3)24(15-17-10-8-12-19(13-17)27-4)21(25)14-18-11-7-6-9-16(18)2/h6-13,20H,5,14-15H2,1-4H3,(H,23,26). The van der Waals surface area contributed by atoms with Crippen LogP contribution in [0.2, 0.25) is 0 Å². The maximum absolute atomic E-state index is 13.2. The largest absolute Gasteiger partial charge is 0.497 e. The molecule has 0 aliphatic carbocycles. The minimum absolute atomic E-state index is 0.0671. The van der Waals surface area contributed by atoms with E-state index in [2.05, 4.69) is 5.32 Å². The Hall–Kier alpha value is -2.82. The van der Waals surface area contributed by atoms with E-state index in [0.717, 1.165) is 22.4 Å². The lowest BCUT2D eigenvalue weighted by Gasteiger charge is -2.30. The molecule has 0 aliphatic rings. The molecule has 0 saturated carbocycles. The highest BCUT2D eigenvalue weighted by molar-refractivity contribution is 5.88. The van der Waals surface area contributed by atoms with Crippen LogP contribution in [0.25, 0.3) is 0 Å². The second kappa shape index (κ2) is 9.76. The SMILES string of the molecule is CCC(C(=O)NC)N(Cc1cccc(OC)c1)C(=O)Cc1ccccc1C. The van der Waals surface area contributed by atoms with Gasteiger partial charge in [-0.1, -0.05) is 43.3 Å². The molecule has 2 amide bonds. The van der Waals surface area contributed by atoms with E-state index in [-0.39, 0.29) is 18.2 Å². The molecular weight excluding hydrogens is 340 g/mol. The van der Waals surface area contributed by atoms with E-state index in [0.29, 0.717) is 13.0 Å². The monoisotopic (exact) mass is 368 g/mol. The van der Waals surface area contributed by atoms with Crippen molar-refractivity contribution in [3.05, 3.63) is 65.2 Å². The van der Waals surface area contributed by atoms with Gasteiger partial charge in [0.05, 0.1) is 13.5 Å². The minimum Gasteiger partial charge on any atom is -0.497 e. The number of rotatable bonds is 8. The Morgan fingerprint density at radius 1 is 1.15 bits per heavy atom. The Balaban J connectivity index is 2.31. The van der Waals surface area contributed by atoms with Crippen molar-refractivity contribution in [2.45, 2.75) is 39.3 Å². The van der Waals surface area contributed by atoms with E-state index < -0.39 is 6.04 Å². The van der Waals surface area contributed by atoms with Crippen molar-refractivity contribution < 1.29 is 14.3 Å². The van der Waals surface area contributed by atoms with E-state index in [1.807, 2.05) is 62.4 Å². The van der Waals surface area contributed by atoms with Crippen LogP contribution in [0.5, 0.6) is 5.75 Å². The van der Waals surface area contributed by atoms with E-state index in [1.165, 1.54) is 0 Å². The number of benzene rings is 2. The molecule has 0 aromatic heterocycles. The number of methoxy groups -OCH3 is 1. The fourth-order valence-electron chi connectivity index (χ4n) is 3.13. The molecule has 27 heavy (non-hydrogen) atoms. The average Bonchev–Trinajstić information content (AvgIpc) is 2.69. The van der Waals surface area contributed by atoms with Crippen molar-refractivity contribution in [2.24, 2.45) is 0 Å². The van der Waals surface area contributed by atoms with Crippen LogP contribution in [0.3, 0.4) is 0 Å². The van der Waals surface area contributed by atoms with E-state index in [9.17, 15) is 9.59 Å². The number of amides is 2. The van der Waals surface area contributed by atoms with Crippen molar-refractivity contribution in [1.82, 2.24) is 10.2 Å². The molecule has 0 radical (unpaired) electrons. The smallest absolute Gasteiger partial charge is 0.242 e. The number of ether oxygens (including phenoxy) is 1. The summed E-state index contributed by atoms with van der Waals surface area (Å²) in [5.41, 5.74) is 2.97. The first-order chi connectivity index (χ1) is 13.0. The lowest BCUT2D eigenvalue weighted by molar-refractivity contribution is -0.140. The molecule has 1 atom stereocenters. The number of nitrogens with zero attached hydrogens (tertiary/aromatic N) is 1. The number of hydrogen-bond donors (Lipinski definition) is 1. The predicted octanol–water partition coefficient (Wildman–Crippen LogP) is 3.10. The summed E-state index contributed by atoms with van der Waals surface area (Å²) in [7, 11) is 3.21. The van der Waals surface area contributed by atoms with Gasteiger partial charge >= 0.3 is 0 Å². The van der Waals surface area contributed by atoms with Crippen LogP contribution in [-0.4, -0.2) is 36.9 Å². The van der Waals surface area contributed by atoms with Crippen molar-refractivity contribution >= 4 is 11.8 Å². The normalized spacial score (nSPS) is 11.6. The fraction of sp³-hybridized carbons (Fsp3) is 0.364. The first-order valence-corrected chi connectivity index (χ1v) is 9.18. The maximum Gasteiger partial charge on any atom is 0.242 e. The van der Waals surface area contributed by atoms with Crippen LogP contribution in [0.15, 0.2) is 48.5 Å². The molecule has 0 aliphatic heterocycles. The predicted molar refractivity (Wildman–Crippen MR) is 107 cm³/mol. The van der Waals surface area contributed by atoms with Gasteiger partial charge in [-0.25, -0.2) is 0 Å². The summed E-state index contributed by atoms with van der Waals surface area (Å²) in [5.74, 6) is 0.507. The van der Waals surface area contributed by atoms with Crippen molar-refractivity contribution in [3.63, 3.8) is 0 Å². The topological polar surface area (TPSA) is 58.6 Å². The second-order valence-electron chi connectivity index (χ2n) is 6.51. The third-order valence-electron chi connectivity index (χ3n) is 4.72. The first kappa shape index (κ1) is 20.5. The van der Waals surface area contributed by atoms with Crippen molar-refractivity contribution in [3.8, 4) is 5.75 Å². The molecule has 5 heteroatoms. The lowest BCUT2D eigenvalue weighted by Crippen LogP contribution is -2.48. The van der Waals surface area contributed by atoms with Gasteiger partial charge < -0.3 is 15.0 Å². The third kappa shape index (κ3) is 5.33. The van der Waals surface area contributed by atoms with Crippen LogP contribution < -0.4 is 10.1 Å². The molecule has 0 fully saturated rings. The van der Waals surface area contributed by atoms with Gasteiger partial charge in [-0.3, -0.25) is 9.59 Å². The van der Waals surface area contributed by atoms with Crippen LogP contribution >= 0.6 is 0 Å². The van der Waals surface area contributed by atoms with Crippen LogP contribution in [0.4, 0.5) is 0 Å². The van der Waals surface area contributed by atoms with Gasteiger partial charge in [-0.05, 0) is 42.2 Å². The summed E-state index contributed by atoms with van der Waals surface area (Å²) in [6.07, 6.45) is 0.813. The van der Waals surface area contributed by atoms with E-state index in [4.69, 9.17) is 4.74 Å². The number of nitrogens with one attached hydrogen (secondary N) is 1. The summed E-state index contributed by atoms with van der Waals surface area (Å²) in [6, 6.07) is 14.9. The maximum atomic E-state index is 13.2. The molecule has 0 heterocycles. The Kier molecular flexibility index (Phi) is 7.41. The Labute approximate surface area is 161 Å². The highest BCUT2D eigenvalue weighted by Crippen LogP contribution is 2.19. The summed E-state index contributed by atoms with van der Waals surface area (Å²) in [5, 5.41) is 2.68. The molecule has 2 aromatic carbocycles. The number of aryl methyl sites for hydroxylation is 1. The van der Waals surface area contributed by atoms with E-state index >= 15 is 0 Å². The molecule has 5 nitrogen and oxygen atoms in total. The van der Waals surface area contributed by atoms with Crippen molar-refractivity contribution in [1.29, 1.82) is 0 Å². The van der Waals surface area contributed by atoms with Crippen LogP contribution in [0.1, 0.15) is 30.0 Å². The highest BCUT2D eigenvalue weighted by Gasteiger charge is 2.28. The summed E-state index contributed by atoms with van der Waals surface area (Å²) >= 11 is 0. The van der Waals surface area contributed by atoms with Gasteiger partial charge in [-0.15, -0.1) is 0 Å². The number of carbonyl (C=O) groups excluding carboxylic acids is 2. The number of carbonyl (C=O) groups is 2. The fourth-order valence-corrected chi connectivity index (χ4v) is 3.13. The van der Waals surface area contributed by atoms with Crippen molar-refractivity contribution in [2.75, 3.05) is 14.2 Å². The molecule has 144 valence electrons. The quantitative estimate of drug-likeness (QED) is 0.779. The third-order valence-corrected chi connectivity index (χ3v) is 4.72. The molecule has 0 saturated heterocycles. The number of hydrogen-bond acceptors (Lipinski definition) is 3.